The quantitative estimate of drug-likeness (QED) is 0.368. The molecular weight excluding hydrogens is 376 g/mol. The number of fused-ring (bicyclic) bond motifs is 5. The lowest BCUT2D eigenvalue weighted by molar-refractivity contribution is -0.0707. The first-order valence-electron chi connectivity index (χ1n) is 14.0. The van der Waals surface area contributed by atoms with E-state index in [0.717, 1.165) is 35.5 Å². The van der Waals surface area contributed by atoms with Crippen molar-refractivity contribution in [3.8, 4) is 0 Å². The third kappa shape index (κ3) is 4.43. The monoisotopic (exact) mass is 428 g/mol. The topological polar surface area (TPSA) is 9.23 Å². The molecule has 4 aliphatic rings. The Morgan fingerprint density at radius 1 is 0.935 bits per heavy atom. The van der Waals surface area contributed by atoms with Crippen molar-refractivity contribution in [1.82, 2.24) is 0 Å². The van der Waals surface area contributed by atoms with E-state index in [-0.39, 0.29) is 0 Å². The third-order valence-corrected chi connectivity index (χ3v) is 10.7. The highest BCUT2D eigenvalue weighted by molar-refractivity contribution is 5.25. The van der Waals surface area contributed by atoms with Crippen LogP contribution in [0.1, 0.15) is 119 Å². The highest BCUT2D eigenvalue weighted by Gasteiger charge is 2.59. The van der Waals surface area contributed by atoms with E-state index in [2.05, 4.69) is 54.5 Å². The molecule has 178 valence electrons. The van der Waals surface area contributed by atoms with E-state index < -0.39 is 0 Å². The Hall–Kier alpha value is -0.300. The van der Waals surface area contributed by atoms with Gasteiger partial charge in [0.05, 0.1) is 12.2 Å². The summed E-state index contributed by atoms with van der Waals surface area (Å²) in [4.78, 5) is 0. The first-order valence-corrected chi connectivity index (χ1v) is 14.0. The van der Waals surface area contributed by atoms with Gasteiger partial charge in [0.15, 0.2) is 0 Å². The van der Waals surface area contributed by atoms with Crippen LogP contribution in [0.4, 0.5) is 0 Å². The van der Waals surface area contributed by atoms with Gasteiger partial charge in [0.1, 0.15) is 0 Å². The molecule has 4 aliphatic carbocycles. The van der Waals surface area contributed by atoms with Gasteiger partial charge in [-0.2, -0.15) is 0 Å². The summed E-state index contributed by atoms with van der Waals surface area (Å²) in [5.41, 5.74) is 2.84. The van der Waals surface area contributed by atoms with Gasteiger partial charge in [0.2, 0.25) is 0 Å². The fraction of sp³-hybridized carbons (Fsp3) is 0.933. The fourth-order valence-corrected chi connectivity index (χ4v) is 9.15. The summed E-state index contributed by atoms with van der Waals surface area (Å²) in [6, 6.07) is 0. The molecular formula is C30H52O. The molecule has 0 amide bonds. The van der Waals surface area contributed by atoms with Crippen molar-refractivity contribution in [3.05, 3.63) is 11.6 Å². The van der Waals surface area contributed by atoms with Gasteiger partial charge in [-0.1, -0.05) is 65.5 Å². The Morgan fingerprint density at radius 3 is 2.42 bits per heavy atom. The van der Waals surface area contributed by atoms with E-state index in [9.17, 15) is 0 Å². The van der Waals surface area contributed by atoms with E-state index in [1.54, 1.807) is 5.57 Å². The Bertz CT molecular complexity index is 647. The van der Waals surface area contributed by atoms with Gasteiger partial charge in [-0.15, -0.1) is 0 Å². The molecule has 3 saturated carbocycles. The van der Waals surface area contributed by atoms with Crippen LogP contribution in [0, 0.1) is 46.3 Å². The zero-order chi connectivity index (χ0) is 22.4. The second-order valence-electron chi connectivity index (χ2n) is 13.3. The molecule has 0 aromatic heterocycles. The van der Waals surface area contributed by atoms with E-state index in [0.29, 0.717) is 23.0 Å². The zero-order valence-corrected chi connectivity index (χ0v) is 21.9. The normalized spacial score (nSPS) is 43.4. The van der Waals surface area contributed by atoms with Crippen LogP contribution in [-0.2, 0) is 4.74 Å². The lowest BCUT2D eigenvalue weighted by atomic mass is 9.47. The largest absolute Gasteiger partial charge is 0.375 e. The maximum atomic E-state index is 6.25. The molecule has 0 saturated heterocycles. The summed E-state index contributed by atoms with van der Waals surface area (Å²) in [5.74, 6) is 5.60. The van der Waals surface area contributed by atoms with Crippen LogP contribution in [0.2, 0.25) is 0 Å². The Labute approximate surface area is 194 Å². The summed E-state index contributed by atoms with van der Waals surface area (Å²) in [6.07, 6.45) is 19.0. The lowest BCUT2D eigenvalue weighted by Crippen LogP contribution is -2.51. The third-order valence-electron chi connectivity index (χ3n) is 10.7. The predicted octanol–water partition coefficient (Wildman–Crippen LogP) is 8.82. The van der Waals surface area contributed by atoms with E-state index in [1.807, 2.05) is 0 Å². The number of hydrogen-bond acceptors (Lipinski definition) is 1. The summed E-state index contributed by atoms with van der Waals surface area (Å²) in [5, 5.41) is 0. The fourth-order valence-electron chi connectivity index (χ4n) is 9.15. The van der Waals surface area contributed by atoms with Crippen molar-refractivity contribution >= 4 is 0 Å². The van der Waals surface area contributed by atoms with Crippen molar-refractivity contribution in [3.63, 3.8) is 0 Å². The molecule has 31 heavy (non-hydrogen) atoms. The minimum atomic E-state index is 0.361. The van der Waals surface area contributed by atoms with Crippen LogP contribution in [-0.4, -0.2) is 12.2 Å². The Balaban J connectivity index is 1.46. The van der Waals surface area contributed by atoms with Crippen LogP contribution in [0.25, 0.3) is 0 Å². The van der Waals surface area contributed by atoms with Gasteiger partial charge in [0.25, 0.3) is 0 Å². The molecule has 0 aromatic carbocycles. The van der Waals surface area contributed by atoms with Gasteiger partial charge in [-0.3, -0.25) is 0 Å². The molecule has 4 rings (SSSR count). The van der Waals surface area contributed by atoms with Crippen molar-refractivity contribution in [1.29, 1.82) is 0 Å². The maximum Gasteiger partial charge on any atom is 0.0616 e. The maximum absolute atomic E-state index is 6.25. The molecule has 0 aromatic rings. The van der Waals surface area contributed by atoms with Crippen LogP contribution in [0.5, 0.6) is 0 Å². The summed E-state index contributed by atoms with van der Waals surface area (Å²) >= 11 is 0. The number of allylic oxidation sites excluding steroid dienone is 1. The van der Waals surface area contributed by atoms with Crippen molar-refractivity contribution < 1.29 is 4.74 Å². The van der Waals surface area contributed by atoms with Gasteiger partial charge in [-0.05, 0) is 112 Å². The van der Waals surface area contributed by atoms with Crippen LogP contribution >= 0.6 is 0 Å². The standard InChI is InChI=1S/C30H52O/c1-20(2)9-8-10-22(5)26-13-14-27-25-12-11-23-19-24(31-21(3)4)15-17-29(23,6)28(25)16-18-30(26,27)7/h11,20-22,24-28H,8-10,12-19H2,1-7H3/t22-,24+,25-,26+,27-,28-,29+,30-/m1/s1. The molecule has 0 heterocycles. The first kappa shape index (κ1) is 23.8. The molecule has 0 aliphatic heterocycles. The molecule has 0 unspecified atom stereocenters. The van der Waals surface area contributed by atoms with E-state index in [4.69, 9.17) is 4.74 Å². The number of hydrogen-bond donors (Lipinski definition) is 0. The van der Waals surface area contributed by atoms with Gasteiger partial charge >= 0.3 is 0 Å². The highest BCUT2D eigenvalue weighted by Crippen LogP contribution is 2.67. The van der Waals surface area contributed by atoms with Crippen molar-refractivity contribution in [2.45, 2.75) is 131 Å². The molecule has 3 fully saturated rings. The molecule has 0 N–H and O–H groups in total. The minimum Gasteiger partial charge on any atom is -0.375 e. The Kier molecular flexibility index (Phi) is 7.04. The second-order valence-corrected chi connectivity index (χ2v) is 13.3. The van der Waals surface area contributed by atoms with Crippen molar-refractivity contribution in [2.75, 3.05) is 0 Å². The van der Waals surface area contributed by atoms with Crippen LogP contribution in [0.3, 0.4) is 0 Å². The second kappa shape index (κ2) is 9.15. The Morgan fingerprint density at radius 2 is 1.71 bits per heavy atom. The van der Waals surface area contributed by atoms with Gasteiger partial charge in [-0.25, -0.2) is 0 Å². The summed E-state index contributed by atoms with van der Waals surface area (Å²) in [7, 11) is 0. The number of rotatable bonds is 7. The van der Waals surface area contributed by atoms with Crippen LogP contribution in [0.15, 0.2) is 11.6 Å². The average Bonchev–Trinajstić information content (AvgIpc) is 3.05. The minimum absolute atomic E-state index is 0.361. The smallest absolute Gasteiger partial charge is 0.0616 e. The summed E-state index contributed by atoms with van der Waals surface area (Å²) < 4.78 is 6.25. The molecule has 0 bridgehead atoms. The van der Waals surface area contributed by atoms with E-state index in [1.165, 1.54) is 70.6 Å². The lowest BCUT2D eigenvalue weighted by Gasteiger charge is -2.58. The van der Waals surface area contributed by atoms with E-state index >= 15 is 0 Å². The SMILES string of the molecule is CC(C)CCC[C@@H](C)[C@@H]1CC[C@@H]2[C@H]3CC=C4C[C@@H](OC(C)C)CC[C@]4(C)[C@@H]3CC[C@@]21C. The molecule has 0 spiro atoms. The van der Waals surface area contributed by atoms with Gasteiger partial charge in [0, 0.05) is 0 Å². The molecule has 0 radical (unpaired) electrons. The molecule has 1 heteroatoms. The number of ether oxygens (including phenoxy) is 1. The van der Waals surface area contributed by atoms with Gasteiger partial charge < -0.3 is 4.74 Å². The predicted molar refractivity (Wildman–Crippen MR) is 133 cm³/mol. The molecule has 1 nitrogen and oxygen atoms in total. The van der Waals surface area contributed by atoms with Crippen molar-refractivity contribution in [2.24, 2.45) is 46.3 Å². The highest BCUT2D eigenvalue weighted by atomic mass is 16.5. The first-order chi connectivity index (χ1) is 14.6. The zero-order valence-electron chi connectivity index (χ0n) is 21.9. The molecule has 8 atom stereocenters. The summed E-state index contributed by atoms with van der Waals surface area (Å²) in [6.45, 7) is 17.1. The van der Waals surface area contributed by atoms with Crippen LogP contribution < -0.4 is 0 Å². The average molecular weight is 429 g/mol.